The molecular weight excluding hydrogens is 694 g/mol. The van der Waals surface area contributed by atoms with E-state index in [2.05, 4.69) is 24.7 Å². The average molecular weight is 730 g/mol. The summed E-state index contributed by atoms with van der Waals surface area (Å²) < 4.78 is 73.6. The molecule has 12 nitrogen and oxygen atoms in total. The minimum Gasteiger partial charge on any atom is -0.489 e. The van der Waals surface area contributed by atoms with Gasteiger partial charge >= 0.3 is 6.01 Å². The molecule has 274 valence electrons. The highest BCUT2D eigenvalue weighted by Gasteiger charge is 2.49. The lowest BCUT2D eigenvalue weighted by Crippen LogP contribution is -2.56. The maximum atomic E-state index is 16.8. The normalized spacial score (nSPS) is 23.1. The number of anilines is 3. The van der Waals surface area contributed by atoms with Crippen LogP contribution in [-0.4, -0.2) is 112 Å². The van der Waals surface area contributed by atoms with Gasteiger partial charge < -0.3 is 29.0 Å². The molecule has 0 unspecified atom stereocenters. The first-order chi connectivity index (χ1) is 25.7. The third-order valence-corrected chi connectivity index (χ3v) is 10.4. The molecule has 53 heavy (non-hydrogen) atoms. The zero-order chi connectivity index (χ0) is 36.7. The molecule has 4 aliphatic heterocycles. The van der Waals surface area contributed by atoms with E-state index in [1.807, 2.05) is 0 Å². The molecule has 1 amide bonds. The number of ether oxygens (including phenoxy) is 2. The number of carbonyl (C=O) groups excluding carboxylic acids is 1. The summed E-state index contributed by atoms with van der Waals surface area (Å²) in [6, 6.07) is 8.38. The number of carbonyl (C=O) groups is 1. The van der Waals surface area contributed by atoms with Gasteiger partial charge in [0.2, 0.25) is 6.54 Å². The van der Waals surface area contributed by atoms with Gasteiger partial charge in [-0.05, 0) is 43.7 Å². The number of para-hydroxylation sites is 1. The number of halogens is 4. The van der Waals surface area contributed by atoms with Crippen molar-refractivity contribution in [2.24, 2.45) is 0 Å². The van der Waals surface area contributed by atoms with Crippen molar-refractivity contribution in [3.05, 3.63) is 83.4 Å². The Kier molecular flexibility index (Phi) is 9.19. The molecule has 0 saturated carbocycles. The predicted octanol–water partition coefficient (Wildman–Crippen LogP) is 5.13. The average Bonchev–Trinajstić information content (AvgIpc) is 3.70. The lowest BCUT2D eigenvalue weighted by Gasteiger charge is -2.40. The first-order valence-corrected chi connectivity index (χ1v) is 17.5. The second-order valence-electron chi connectivity index (χ2n) is 13.6. The Morgan fingerprint density at radius 1 is 1.08 bits per heavy atom. The predicted molar refractivity (Wildman–Crippen MR) is 187 cm³/mol. The number of aromatic nitrogens is 4. The van der Waals surface area contributed by atoms with Crippen LogP contribution >= 0.6 is 0 Å². The van der Waals surface area contributed by atoms with Crippen molar-refractivity contribution in [1.29, 1.82) is 0 Å². The van der Waals surface area contributed by atoms with Crippen molar-refractivity contribution in [3.63, 3.8) is 0 Å². The lowest BCUT2D eigenvalue weighted by atomic mass is 9.95. The summed E-state index contributed by atoms with van der Waals surface area (Å²) in [6.45, 7) is 9.13. The fraction of sp³-hybridized carbons (Fsp3) is 0.405. The van der Waals surface area contributed by atoms with E-state index >= 15 is 13.2 Å². The Morgan fingerprint density at radius 3 is 2.79 bits per heavy atom. The summed E-state index contributed by atoms with van der Waals surface area (Å²) in [4.78, 5) is 41.1. The highest BCUT2D eigenvalue weighted by molar-refractivity contribution is 5.96. The fourth-order valence-electron chi connectivity index (χ4n) is 7.96. The van der Waals surface area contributed by atoms with Crippen molar-refractivity contribution in [1.82, 2.24) is 29.7 Å². The number of alkyl halides is 1. The quantitative estimate of drug-likeness (QED) is 0.138. The maximum Gasteiger partial charge on any atom is 0.319 e. The molecule has 7 heterocycles. The summed E-state index contributed by atoms with van der Waals surface area (Å²) in [7, 11) is 0. The van der Waals surface area contributed by atoms with Crippen LogP contribution in [0.4, 0.5) is 34.9 Å². The highest BCUT2D eigenvalue weighted by Crippen LogP contribution is 2.42. The van der Waals surface area contributed by atoms with Crippen molar-refractivity contribution in [3.8, 4) is 11.8 Å². The Labute approximate surface area is 302 Å². The van der Waals surface area contributed by atoms with Crippen LogP contribution in [-0.2, 0) is 4.79 Å². The van der Waals surface area contributed by atoms with Gasteiger partial charge in [-0.2, -0.15) is 9.97 Å². The molecular formula is C37H35F4N9O3. The lowest BCUT2D eigenvalue weighted by molar-refractivity contribution is -0.130. The molecule has 0 radical (unpaired) electrons. The minimum atomic E-state index is -1.02. The van der Waals surface area contributed by atoms with Gasteiger partial charge in [0.05, 0.1) is 23.2 Å². The molecule has 3 fully saturated rings. The van der Waals surface area contributed by atoms with E-state index in [4.69, 9.17) is 21.0 Å². The van der Waals surface area contributed by atoms with E-state index in [0.29, 0.717) is 13.0 Å². The van der Waals surface area contributed by atoms with Crippen molar-refractivity contribution >= 4 is 40.2 Å². The van der Waals surface area contributed by atoms with E-state index in [1.54, 1.807) is 29.2 Å². The second kappa shape index (κ2) is 14.1. The van der Waals surface area contributed by atoms with Crippen LogP contribution in [0.15, 0.2) is 54.6 Å². The maximum absolute atomic E-state index is 16.8. The van der Waals surface area contributed by atoms with Crippen LogP contribution < -0.4 is 19.3 Å². The van der Waals surface area contributed by atoms with Crippen LogP contribution in [0.3, 0.4) is 0 Å². The van der Waals surface area contributed by atoms with Crippen LogP contribution in [0.1, 0.15) is 25.0 Å². The molecule has 0 bridgehead atoms. The van der Waals surface area contributed by atoms with E-state index in [1.165, 1.54) is 34.3 Å². The van der Waals surface area contributed by atoms with E-state index < -0.39 is 41.1 Å². The summed E-state index contributed by atoms with van der Waals surface area (Å²) >= 11 is 0. The zero-order valence-electron chi connectivity index (χ0n) is 28.6. The third kappa shape index (κ3) is 6.43. The summed E-state index contributed by atoms with van der Waals surface area (Å²) in [5.41, 5.74) is -0.353. The van der Waals surface area contributed by atoms with Gasteiger partial charge in [-0.3, -0.25) is 14.7 Å². The Morgan fingerprint density at radius 2 is 1.96 bits per heavy atom. The van der Waals surface area contributed by atoms with E-state index in [9.17, 15) is 9.18 Å². The second-order valence-corrected chi connectivity index (χ2v) is 13.6. The fourth-order valence-corrected chi connectivity index (χ4v) is 7.96. The smallest absolute Gasteiger partial charge is 0.319 e. The van der Waals surface area contributed by atoms with Gasteiger partial charge in [0.15, 0.2) is 23.3 Å². The Balaban J connectivity index is 1.15. The van der Waals surface area contributed by atoms with Crippen molar-refractivity contribution in [2.45, 2.75) is 37.0 Å². The molecule has 8 rings (SSSR count). The molecule has 0 aliphatic carbocycles. The molecule has 0 spiro atoms. The van der Waals surface area contributed by atoms with E-state index in [0.717, 1.165) is 25.5 Å². The molecule has 1 aromatic carbocycles. The molecule has 3 atom stereocenters. The van der Waals surface area contributed by atoms with Crippen molar-refractivity contribution < 1.29 is 31.8 Å². The van der Waals surface area contributed by atoms with Gasteiger partial charge in [-0.25, -0.2) is 29.1 Å². The molecule has 16 heteroatoms. The number of amides is 1. The number of piperazine rings is 1. The SMILES string of the molecule is [C-]#[N+]C[C@H]1CN(c2nc(OC[C@@]34CCCN3C[C@H](F)C4)nc3c(F)c(N4CCOc5cccc(F)c54)ncc23)CCN1C(=O)/C(F)=C/c1ccccn1. The number of rotatable bonds is 8. The number of hydrogen-bond acceptors (Lipinski definition) is 10. The topological polar surface area (TPSA) is 104 Å². The van der Waals surface area contributed by atoms with Gasteiger partial charge in [-0.15, -0.1) is 0 Å². The van der Waals surface area contributed by atoms with Crippen LogP contribution in [0.2, 0.25) is 0 Å². The van der Waals surface area contributed by atoms with Crippen LogP contribution in [0.25, 0.3) is 21.8 Å². The molecule has 3 aromatic heterocycles. The number of fused-ring (bicyclic) bond motifs is 3. The molecule has 0 N–H and O–H groups in total. The highest BCUT2D eigenvalue weighted by atomic mass is 19.1. The van der Waals surface area contributed by atoms with Gasteiger partial charge in [0.25, 0.3) is 5.91 Å². The van der Waals surface area contributed by atoms with Gasteiger partial charge in [0, 0.05) is 51.1 Å². The number of nitrogens with zero attached hydrogens (tertiary/aromatic N) is 9. The minimum absolute atomic E-state index is 0.0258. The molecule has 4 aliphatic rings. The summed E-state index contributed by atoms with van der Waals surface area (Å²) in [5.74, 6) is -3.03. The number of pyridine rings is 2. The Bertz CT molecular complexity index is 2120. The number of hydrogen-bond donors (Lipinski definition) is 0. The first-order valence-electron chi connectivity index (χ1n) is 17.5. The van der Waals surface area contributed by atoms with Gasteiger partial charge in [0.1, 0.15) is 48.2 Å². The largest absolute Gasteiger partial charge is 0.489 e. The van der Waals surface area contributed by atoms with Crippen molar-refractivity contribution in [2.75, 3.05) is 68.8 Å². The standard InChI is InChI=1S/C37H35F4N9O3/c1-42-18-25-21-47(12-13-49(25)35(51)28(40)16-24-6-2-3-10-43-24)33-26-19-44-34(50-14-15-52-29-8-4-7-27(39)32(29)50)30(41)31(26)45-36(46-33)53-22-37-9-5-11-48(37)20-23(38)17-37/h2-4,6-8,10,16,19,23,25H,5,9,11-15,17-18,20-22H2/b28-16-/t23-,25+,37+/m1/s1. The monoisotopic (exact) mass is 729 g/mol. The molecule has 4 aromatic rings. The van der Waals surface area contributed by atoms with Crippen LogP contribution in [0.5, 0.6) is 11.8 Å². The Hall–Kier alpha value is -5.56. The first kappa shape index (κ1) is 34.5. The van der Waals surface area contributed by atoms with Gasteiger partial charge in [-0.1, -0.05) is 12.1 Å². The van der Waals surface area contributed by atoms with Crippen LogP contribution in [0, 0.1) is 18.2 Å². The van der Waals surface area contributed by atoms with E-state index in [-0.39, 0.29) is 91.6 Å². The zero-order valence-corrected chi connectivity index (χ0v) is 28.6. The summed E-state index contributed by atoms with van der Waals surface area (Å²) in [5, 5.41) is 0.216. The molecule has 3 saturated heterocycles. The number of benzene rings is 1. The summed E-state index contributed by atoms with van der Waals surface area (Å²) in [6.07, 6.45) is 4.89. The third-order valence-electron chi connectivity index (χ3n) is 10.4.